The van der Waals surface area contributed by atoms with Crippen molar-refractivity contribution in [3.8, 4) is 0 Å². The predicted octanol–water partition coefficient (Wildman–Crippen LogP) is 3.91. The number of anilines is 1. The van der Waals surface area contributed by atoms with Gasteiger partial charge in [0.1, 0.15) is 5.82 Å². The first-order chi connectivity index (χ1) is 12.7. The SMILES string of the molecule is Cc1csc(N2CCCC2c2nc3ccccc3c(=O)n2CC2CC2)n1. The lowest BCUT2D eigenvalue weighted by molar-refractivity contribution is 0.527. The number of para-hydroxylation sites is 1. The smallest absolute Gasteiger partial charge is 0.261 e. The molecule has 3 heterocycles. The Morgan fingerprint density at radius 3 is 2.81 bits per heavy atom. The molecular formula is C20H22N4OS. The number of aryl methyl sites for hydroxylation is 1. The molecule has 1 atom stereocenters. The molecule has 2 fully saturated rings. The Morgan fingerprint density at radius 2 is 2.04 bits per heavy atom. The number of nitrogens with zero attached hydrogens (tertiary/aromatic N) is 4. The van der Waals surface area contributed by atoms with Gasteiger partial charge in [-0.3, -0.25) is 9.36 Å². The average molecular weight is 366 g/mol. The summed E-state index contributed by atoms with van der Waals surface area (Å²) in [5.74, 6) is 1.55. The second kappa shape index (κ2) is 6.20. The van der Waals surface area contributed by atoms with E-state index in [1.807, 2.05) is 35.8 Å². The number of thiazole rings is 1. The Morgan fingerprint density at radius 1 is 1.19 bits per heavy atom. The quantitative estimate of drug-likeness (QED) is 0.702. The number of benzene rings is 1. The molecule has 0 amide bonds. The zero-order valence-corrected chi connectivity index (χ0v) is 15.7. The Balaban J connectivity index is 1.65. The standard InChI is InChI=1S/C20H22N4OS/c1-13-12-26-20(21-13)23-10-4-7-17(23)18-22-16-6-3-2-5-15(16)19(25)24(18)11-14-8-9-14/h2-3,5-6,12,14,17H,4,7-11H2,1H3. The Labute approximate surface area is 156 Å². The van der Waals surface area contributed by atoms with Crippen LogP contribution < -0.4 is 10.5 Å². The molecule has 1 unspecified atom stereocenters. The fourth-order valence-corrected chi connectivity index (χ4v) is 4.79. The molecule has 1 aliphatic heterocycles. The summed E-state index contributed by atoms with van der Waals surface area (Å²) in [4.78, 5) is 25.2. The predicted molar refractivity (Wildman–Crippen MR) is 105 cm³/mol. The third-order valence-electron chi connectivity index (χ3n) is 5.43. The Bertz CT molecular complexity index is 1020. The van der Waals surface area contributed by atoms with Gasteiger partial charge in [-0.2, -0.15) is 0 Å². The van der Waals surface area contributed by atoms with E-state index in [4.69, 9.17) is 4.98 Å². The van der Waals surface area contributed by atoms with Crippen molar-refractivity contribution in [2.45, 2.75) is 45.2 Å². The molecule has 1 aromatic carbocycles. The summed E-state index contributed by atoms with van der Waals surface area (Å²) in [6, 6.07) is 7.87. The fraction of sp³-hybridized carbons (Fsp3) is 0.450. The number of hydrogen-bond acceptors (Lipinski definition) is 5. The molecule has 1 saturated carbocycles. The Hall–Kier alpha value is -2.21. The van der Waals surface area contributed by atoms with Gasteiger partial charge in [-0.15, -0.1) is 11.3 Å². The fourth-order valence-electron chi connectivity index (χ4n) is 3.91. The van der Waals surface area contributed by atoms with E-state index in [1.54, 1.807) is 11.3 Å². The molecular weight excluding hydrogens is 344 g/mol. The highest BCUT2D eigenvalue weighted by Gasteiger charge is 2.33. The summed E-state index contributed by atoms with van der Waals surface area (Å²) in [7, 11) is 0. The summed E-state index contributed by atoms with van der Waals surface area (Å²) < 4.78 is 1.96. The summed E-state index contributed by atoms with van der Waals surface area (Å²) in [6.45, 7) is 3.80. The van der Waals surface area contributed by atoms with E-state index in [0.717, 1.165) is 53.5 Å². The van der Waals surface area contributed by atoms with E-state index < -0.39 is 0 Å². The van der Waals surface area contributed by atoms with Gasteiger partial charge < -0.3 is 4.90 Å². The van der Waals surface area contributed by atoms with Gasteiger partial charge in [-0.1, -0.05) is 12.1 Å². The lowest BCUT2D eigenvalue weighted by Crippen LogP contribution is -2.32. The Kier molecular flexibility index (Phi) is 3.81. The minimum atomic E-state index is 0.111. The van der Waals surface area contributed by atoms with Crippen LogP contribution in [0.5, 0.6) is 0 Å². The van der Waals surface area contributed by atoms with Gasteiger partial charge in [0.25, 0.3) is 5.56 Å². The first kappa shape index (κ1) is 16.0. The van der Waals surface area contributed by atoms with Crippen molar-refractivity contribution in [3.05, 3.63) is 51.5 Å². The van der Waals surface area contributed by atoms with Gasteiger partial charge in [-0.25, -0.2) is 9.97 Å². The zero-order chi connectivity index (χ0) is 17.7. The van der Waals surface area contributed by atoms with Crippen LogP contribution in [-0.4, -0.2) is 21.1 Å². The average Bonchev–Trinajstić information content (AvgIpc) is 3.15. The molecule has 2 aliphatic rings. The zero-order valence-electron chi connectivity index (χ0n) is 14.9. The molecule has 0 radical (unpaired) electrons. The van der Waals surface area contributed by atoms with Crippen molar-refractivity contribution >= 4 is 27.4 Å². The van der Waals surface area contributed by atoms with E-state index in [9.17, 15) is 4.79 Å². The lowest BCUT2D eigenvalue weighted by atomic mass is 10.1. The van der Waals surface area contributed by atoms with E-state index in [1.165, 1.54) is 12.8 Å². The molecule has 2 aromatic heterocycles. The number of rotatable bonds is 4. The first-order valence-corrected chi connectivity index (χ1v) is 10.3. The van der Waals surface area contributed by atoms with Gasteiger partial charge >= 0.3 is 0 Å². The molecule has 1 aliphatic carbocycles. The van der Waals surface area contributed by atoms with E-state index >= 15 is 0 Å². The van der Waals surface area contributed by atoms with E-state index in [0.29, 0.717) is 5.92 Å². The summed E-state index contributed by atoms with van der Waals surface area (Å²) in [5.41, 5.74) is 1.97. The van der Waals surface area contributed by atoms with Crippen LogP contribution in [0.4, 0.5) is 5.13 Å². The van der Waals surface area contributed by atoms with Gasteiger partial charge in [0.2, 0.25) is 0 Å². The maximum atomic E-state index is 13.2. The van der Waals surface area contributed by atoms with Crippen LogP contribution in [0, 0.1) is 12.8 Å². The van der Waals surface area contributed by atoms with Crippen LogP contribution in [0.25, 0.3) is 10.9 Å². The largest absolute Gasteiger partial charge is 0.338 e. The molecule has 0 bridgehead atoms. The molecule has 5 nitrogen and oxygen atoms in total. The van der Waals surface area contributed by atoms with Crippen molar-refractivity contribution in [2.75, 3.05) is 11.4 Å². The molecule has 0 N–H and O–H groups in total. The molecule has 1 saturated heterocycles. The number of aromatic nitrogens is 3. The van der Waals surface area contributed by atoms with E-state index in [-0.39, 0.29) is 11.6 Å². The number of hydrogen-bond donors (Lipinski definition) is 0. The molecule has 0 spiro atoms. The van der Waals surface area contributed by atoms with Crippen molar-refractivity contribution in [1.29, 1.82) is 0 Å². The second-order valence-electron chi connectivity index (χ2n) is 7.47. The highest BCUT2D eigenvalue weighted by molar-refractivity contribution is 7.13. The van der Waals surface area contributed by atoms with Gasteiger partial charge in [0.15, 0.2) is 5.13 Å². The molecule has 5 rings (SSSR count). The topological polar surface area (TPSA) is 51.0 Å². The molecule has 134 valence electrons. The molecule has 26 heavy (non-hydrogen) atoms. The minimum Gasteiger partial charge on any atom is -0.338 e. The van der Waals surface area contributed by atoms with Gasteiger partial charge in [0.05, 0.1) is 22.6 Å². The van der Waals surface area contributed by atoms with Crippen LogP contribution in [0.3, 0.4) is 0 Å². The van der Waals surface area contributed by atoms with Gasteiger partial charge in [0, 0.05) is 18.5 Å². The van der Waals surface area contributed by atoms with Crippen molar-refractivity contribution in [1.82, 2.24) is 14.5 Å². The monoisotopic (exact) mass is 366 g/mol. The van der Waals surface area contributed by atoms with Gasteiger partial charge in [-0.05, 0) is 50.7 Å². The van der Waals surface area contributed by atoms with Crippen LogP contribution in [-0.2, 0) is 6.54 Å². The van der Waals surface area contributed by atoms with Crippen LogP contribution in [0.15, 0.2) is 34.4 Å². The third-order valence-corrected chi connectivity index (χ3v) is 6.43. The highest BCUT2D eigenvalue weighted by atomic mass is 32.1. The van der Waals surface area contributed by atoms with Crippen LogP contribution in [0.1, 0.15) is 43.2 Å². The summed E-state index contributed by atoms with van der Waals surface area (Å²) >= 11 is 1.68. The lowest BCUT2D eigenvalue weighted by Gasteiger charge is -2.26. The maximum Gasteiger partial charge on any atom is 0.261 e. The van der Waals surface area contributed by atoms with Crippen molar-refractivity contribution < 1.29 is 0 Å². The summed E-state index contributed by atoms with van der Waals surface area (Å²) in [5, 5.41) is 3.87. The molecule has 3 aromatic rings. The summed E-state index contributed by atoms with van der Waals surface area (Å²) in [6.07, 6.45) is 4.57. The van der Waals surface area contributed by atoms with E-state index in [2.05, 4.69) is 15.3 Å². The second-order valence-corrected chi connectivity index (χ2v) is 8.31. The van der Waals surface area contributed by atoms with Crippen LogP contribution >= 0.6 is 11.3 Å². The van der Waals surface area contributed by atoms with Crippen molar-refractivity contribution in [3.63, 3.8) is 0 Å². The number of fused-ring (bicyclic) bond motifs is 1. The first-order valence-electron chi connectivity index (χ1n) is 9.39. The van der Waals surface area contributed by atoms with Crippen molar-refractivity contribution in [2.24, 2.45) is 5.92 Å². The normalized spacial score (nSPS) is 20.2. The third kappa shape index (κ3) is 2.72. The van der Waals surface area contributed by atoms with Crippen LogP contribution in [0.2, 0.25) is 0 Å². The highest BCUT2D eigenvalue weighted by Crippen LogP contribution is 2.38. The minimum absolute atomic E-state index is 0.111. The maximum absolute atomic E-state index is 13.2. The molecule has 6 heteroatoms.